The van der Waals surface area contributed by atoms with E-state index >= 15 is 0 Å². The van der Waals surface area contributed by atoms with Gasteiger partial charge in [-0.2, -0.15) is 0 Å². The number of nitrogens with one attached hydrogen (secondary N) is 1. The molecule has 0 radical (unpaired) electrons. The molecule has 2 aliphatic heterocycles. The molecule has 0 saturated carbocycles. The van der Waals surface area contributed by atoms with E-state index in [1.165, 1.54) is 0 Å². The summed E-state index contributed by atoms with van der Waals surface area (Å²) in [4.78, 5) is 25.3. The molecule has 0 aromatic heterocycles. The number of carboxylic acids is 1. The zero-order chi connectivity index (χ0) is 17.1. The average molecular weight is 332 g/mol. The van der Waals surface area contributed by atoms with Gasteiger partial charge in [0.25, 0.3) is 0 Å². The molecule has 2 heterocycles. The van der Waals surface area contributed by atoms with Crippen molar-refractivity contribution in [1.29, 1.82) is 0 Å². The van der Waals surface area contributed by atoms with Crippen LogP contribution >= 0.6 is 0 Å². The Hall–Kier alpha value is -2.24. The van der Waals surface area contributed by atoms with Gasteiger partial charge < -0.3 is 20.1 Å². The van der Waals surface area contributed by atoms with Crippen LogP contribution in [0.15, 0.2) is 24.3 Å². The van der Waals surface area contributed by atoms with Crippen molar-refractivity contribution >= 4 is 12.0 Å². The highest BCUT2D eigenvalue weighted by Gasteiger charge is 2.32. The molecule has 1 saturated heterocycles. The number of para-hydroxylation sites is 1. The summed E-state index contributed by atoms with van der Waals surface area (Å²) in [5.41, 5.74) is 1.12. The number of amides is 2. The van der Waals surface area contributed by atoms with Crippen LogP contribution in [0.5, 0.6) is 5.75 Å². The van der Waals surface area contributed by atoms with Gasteiger partial charge in [-0.3, -0.25) is 4.79 Å². The second-order valence-electron chi connectivity index (χ2n) is 6.84. The molecule has 130 valence electrons. The lowest BCUT2D eigenvalue weighted by atomic mass is 9.90. The van der Waals surface area contributed by atoms with Crippen molar-refractivity contribution in [1.82, 2.24) is 10.2 Å². The highest BCUT2D eigenvalue weighted by Crippen LogP contribution is 2.32. The second kappa shape index (κ2) is 7.11. The van der Waals surface area contributed by atoms with Crippen molar-refractivity contribution in [2.24, 2.45) is 11.8 Å². The van der Waals surface area contributed by atoms with Crippen molar-refractivity contribution in [2.75, 3.05) is 26.2 Å². The first-order valence-corrected chi connectivity index (χ1v) is 8.52. The van der Waals surface area contributed by atoms with Gasteiger partial charge in [0.05, 0.1) is 12.5 Å². The molecule has 2 N–H and O–H groups in total. The summed E-state index contributed by atoms with van der Waals surface area (Å²) in [7, 11) is 0. The summed E-state index contributed by atoms with van der Waals surface area (Å²) >= 11 is 0. The predicted molar refractivity (Wildman–Crippen MR) is 89.2 cm³/mol. The van der Waals surface area contributed by atoms with Crippen LogP contribution in [0.4, 0.5) is 4.79 Å². The van der Waals surface area contributed by atoms with Crippen LogP contribution in [0.1, 0.15) is 31.2 Å². The number of piperidine rings is 1. The van der Waals surface area contributed by atoms with Crippen molar-refractivity contribution in [3.05, 3.63) is 29.8 Å². The number of aliphatic carboxylic acids is 1. The molecule has 3 atom stereocenters. The predicted octanol–water partition coefficient (Wildman–Crippen LogP) is 2.30. The first kappa shape index (κ1) is 16.6. The maximum Gasteiger partial charge on any atom is 0.317 e. The number of urea groups is 1. The molecule has 3 rings (SSSR count). The smallest absolute Gasteiger partial charge is 0.317 e. The minimum atomic E-state index is -0.822. The first-order valence-electron chi connectivity index (χ1n) is 8.52. The Labute approximate surface area is 141 Å². The minimum Gasteiger partial charge on any atom is -0.493 e. The van der Waals surface area contributed by atoms with E-state index in [9.17, 15) is 14.7 Å². The maximum absolute atomic E-state index is 12.5. The molecule has 24 heavy (non-hydrogen) atoms. The van der Waals surface area contributed by atoms with E-state index in [0.717, 1.165) is 17.7 Å². The van der Waals surface area contributed by atoms with E-state index < -0.39 is 11.9 Å². The summed E-state index contributed by atoms with van der Waals surface area (Å²) in [6, 6.07) is 7.74. The Morgan fingerprint density at radius 3 is 2.92 bits per heavy atom. The Balaban J connectivity index is 1.59. The van der Waals surface area contributed by atoms with Gasteiger partial charge in [0, 0.05) is 25.6 Å². The van der Waals surface area contributed by atoms with Crippen molar-refractivity contribution < 1.29 is 19.4 Å². The zero-order valence-electron chi connectivity index (χ0n) is 13.9. The number of benzene rings is 1. The standard InChI is InChI=1S/C18H24N2O4/c1-12-8-14(17(21)22)11-20(10-12)18(23)19-9-13-6-7-24-16-5-3-2-4-15(13)16/h2-5,12-14H,6-11H2,1H3,(H,19,23)(H,21,22). The Morgan fingerprint density at radius 1 is 1.33 bits per heavy atom. The lowest BCUT2D eigenvalue weighted by Gasteiger charge is -2.35. The van der Waals surface area contributed by atoms with Gasteiger partial charge >= 0.3 is 12.0 Å². The third kappa shape index (κ3) is 3.63. The van der Waals surface area contributed by atoms with Crippen molar-refractivity contribution in [3.8, 4) is 5.75 Å². The van der Waals surface area contributed by atoms with Gasteiger partial charge in [0.1, 0.15) is 5.75 Å². The van der Waals surface area contributed by atoms with Gasteiger partial charge in [0.2, 0.25) is 0 Å². The fourth-order valence-electron chi connectivity index (χ4n) is 3.65. The number of nitrogens with zero attached hydrogens (tertiary/aromatic N) is 1. The zero-order valence-corrected chi connectivity index (χ0v) is 13.9. The summed E-state index contributed by atoms with van der Waals surface area (Å²) in [5.74, 6) is 0.0346. The Morgan fingerprint density at radius 2 is 2.12 bits per heavy atom. The van der Waals surface area contributed by atoms with Crippen LogP contribution < -0.4 is 10.1 Å². The molecule has 1 aromatic rings. The SMILES string of the molecule is CC1CC(C(=O)O)CN(C(=O)NCC2CCOc3ccccc32)C1. The lowest BCUT2D eigenvalue weighted by molar-refractivity contribution is -0.143. The molecule has 0 spiro atoms. The number of ether oxygens (including phenoxy) is 1. The van der Waals surface area contributed by atoms with Gasteiger partial charge in [-0.15, -0.1) is 0 Å². The molecular weight excluding hydrogens is 308 g/mol. The minimum absolute atomic E-state index is 0.170. The topological polar surface area (TPSA) is 78.9 Å². The van der Waals surface area contributed by atoms with Crippen LogP contribution in [-0.2, 0) is 4.79 Å². The van der Waals surface area contributed by atoms with Crippen molar-refractivity contribution in [3.63, 3.8) is 0 Å². The number of likely N-dealkylation sites (tertiary alicyclic amines) is 1. The molecule has 1 aromatic carbocycles. The number of carboxylic acid groups (broad SMARTS) is 1. The molecule has 6 heteroatoms. The Bertz CT molecular complexity index is 619. The van der Waals surface area contributed by atoms with Crippen LogP contribution in [0.3, 0.4) is 0 Å². The lowest BCUT2D eigenvalue weighted by Crippen LogP contribution is -2.50. The van der Waals surface area contributed by atoms with E-state index in [4.69, 9.17) is 4.74 Å². The third-order valence-electron chi connectivity index (χ3n) is 4.88. The number of carbonyl (C=O) groups excluding carboxylic acids is 1. The van der Waals surface area contributed by atoms with Gasteiger partial charge in [-0.25, -0.2) is 4.79 Å². The van der Waals surface area contributed by atoms with Crippen LogP contribution in [-0.4, -0.2) is 48.2 Å². The number of hydrogen-bond donors (Lipinski definition) is 2. The van der Waals surface area contributed by atoms with E-state index in [1.807, 2.05) is 31.2 Å². The largest absolute Gasteiger partial charge is 0.493 e. The number of rotatable bonds is 3. The highest BCUT2D eigenvalue weighted by molar-refractivity contribution is 5.76. The Kier molecular flexibility index (Phi) is 4.92. The quantitative estimate of drug-likeness (QED) is 0.890. The molecule has 2 aliphatic rings. The first-order chi connectivity index (χ1) is 11.5. The van der Waals surface area contributed by atoms with Crippen LogP contribution in [0, 0.1) is 11.8 Å². The molecule has 0 bridgehead atoms. The number of fused-ring (bicyclic) bond motifs is 1. The molecule has 0 aliphatic carbocycles. The van der Waals surface area contributed by atoms with Gasteiger partial charge in [-0.1, -0.05) is 25.1 Å². The monoisotopic (exact) mass is 332 g/mol. The average Bonchev–Trinajstić information content (AvgIpc) is 2.59. The fraction of sp³-hybridized carbons (Fsp3) is 0.556. The second-order valence-corrected chi connectivity index (χ2v) is 6.84. The van der Waals surface area contributed by atoms with E-state index in [1.54, 1.807) is 4.90 Å². The summed E-state index contributed by atoms with van der Waals surface area (Å²) in [6.07, 6.45) is 1.50. The number of hydrogen-bond acceptors (Lipinski definition) is 3. The normalized spacial score (nSPS) is 26.2. The fourth-order valence-corrected chi connectivity index (χ4v) is 3.65. The summed E-state index contributed by atoms with van der Waals surface area (Å²) < 4.78 is 5.64. The highest BCUT2D eigenvalue weighted by atomic mass is 16.5. The van der Waals surface area contributed by atoms with Gasteiger partial charge in [-0.05, 0) is 30.4 Å². The molecular formula is C18H24N2O4. The summed E-state index contributed by atoms with van der Waals surface area (Å²) in [5, 5.41) is 12.2. The number of carbonyl (C=O) groups is 2. The van der Waals surface area contributed by atoms with Crippen LogP contribution in [0.25, 0.3) is 0 Å². The molecule has 6 nitrogen and oxygen atoms in total. The van der Waals surface area contributed by atoms with Crippen LogP contribution in [0.2, 0.25) is 0 Å². The summed E-state index contributed by atoms with van der Waals surface area (Å²) in [6.45, 7) is 4.08. The van der Waals surface area contributed by atoms with E-state index in [2.05, 4.69) is 5.32 Å². The molecule has 3 unspecified atom stereocenters. The van der Waals surface area contributed by atoms with E-state index in [0.29, 0.717) is 26.1 Å². The maximum atomic E-state index is 12.5. The van der Waals surface area contributed by atoms with Gasteiger partial charge in [0.15, 0.2) is 0 Å². The third-order valence-corrected chi connectivity index (χ3v) is 4.88. The van der Waals surface area contributed by atoms with Crippen molar-refractivity contribution in [2.45, 2.75) is 25.7 Å². The molecule has 2 amide bonds. The van der Waals surface area contributed by atoms with E-state index in [-0.39, 0.29) is 24.4 Å². The molecule has 1 fully saturated rings.